The molecule has 0 saturated heterocycles. The van der Waals surface area contributed by atoms with E-state index in [1.54, 1.807) is 0 Å². The summed E-state index contributed by atoms with van der Waals surface area (Å²) < 4.78 is 0. The molecule has 0 unspecified atom stereocenters. The first-order chi connectivity index (χ1) is 5.11. The maximum atomic E-state index is 10.6. The molecule has 0 amide bonds. The van der Waals surface area contributed by atoms with Gasteiger partial charge in [0.15, 0.2) is 0 Å². The van der Waals surface area contributed by atoms with E-state index in [4.69, 9.17) is 11.6 Å². The smallest absolute Gasteiger partial charge is 0.287 e. The molecule has 0 saturated carbocycles. The average molecular weight is 173 g/mol. The number of nitro benzene ring substituents is 1. The highest BCUT2D eigenvalue weighted by Crippen LogP contribution is 2.26. The predicted molar refractivity (Wildman–Crippen MR) is 37.6 cm³/mol. The van der Waals surface area contributed by atoms with Gasteiger partial charge in [-0.2, -0.15) is 0 Å². The number of nitrogens with zero attached hydrogens (tertiary/aromatic N) is 1. The Bertz CT molecular complexity index is 300. The molecule has 1 aromatic rings. The SMILES string of the molecule is O=[N+]([O-])c1ccc([O-])cc1Cl. The molecule has 0 aliphatic carbocycles. The van der Waals surface area contributed by atoms with Gasteiger partial charge in [0.2, 0.25) is 0 Å². The maximum Gasteiger partial charge on any atom is 0.287 e. The van der Waals surface area contributed by atoms with E-state index in [1.807, 2.05) is 0 Å². The zero-order valence-corrected chi connectivity index (χ0v) is 6.04. The van der Waals surface area contributed by atoms with E-state index in [-0.39, 0.29) is 16.5 Å². The standard InChI is InChI=1S/C6H4ClNO3/c7-5-3-4(9)1-2-6(5)8(10)11/h1-3,9H/p-1. The third kappa shape index (κ3) is 1.59. The van der Waals surface area contributed by atoms with Crippen molar-refractivity contribution in [1.82, 2.24) is 0 Å². The van der Waals surface area contributed by atoms with Gasteiger partial charge in [-0.3, -0.25) is 10.1 Å². The Hall–Kier alpha value is -1.29. The van der Waals surface area contributed by atoms with Gasteiger partial charge in [-0.05, 0) is 6.07 Å². The summed E-state index contributed by atoms with van der Waals surface area (Å²) in [4.78, 5) is 9.52. The van der Waals surface area contributed by atoms with Gasteiger partial charge in [0, 0.05) is 6.07 Å². The van der Waals surface area contributed by atoms with Gasteiger partial charge in [-0.1, -0.05) is 17.7 Å². The zero-order chi connectivity index (χ0) is 8.43. The summed E-state index contributed by atoms with van der Waals surface area (Å²) in [7, 11) is 0. The molecular formula is C6H3ClNO3-. The quantitative estimate of drug-likeness (QED) is 0.474. The number of rotatable bonds is 1. The van der Waals surface area contributed by atoms with Crippen LogP contribution in [0.15, 0.2) is 18.2 Å². The molecule has 1 aromatic carbocycles. The molecule has 0 aromatic heterocycles. The van der Waals surface area contributed by atoms with Crippen molar-refractivity contribution >= 4 is 17.3 Å². The highest BCUT2D eigenvalue weighted by molar-refractivity contribution is 6.32. The molecule has 4 nitrogen and oxygen atoms in total. The fraction of sp³-hybridized carbons (Fsp3) is 0. The molecule has 0 spiro atoms. The van der Waals surface area contributed by atoms with E-state index in [9.17, 15) is 15.2 Å². The molecule has 1 rings (SSSR count). The first-order valence-electron chi connectivity index (χ1n) is 2.72. The molecule has 0 radical (unpaired) electrons. The third-order valence-corrected chi connectivity index (χ3v) is 1.42. The molecule has 0 atom stereocenters. The Morgan fingerprint density at radius 3 is 2.55 bits per heavy atom. The van der Waals surface area contributed by atoms with Crippen LogP contribution in [0.1, 0.15) is 0 Å². The van der Waals surface area contributed by atoms with E-state index in [1.165, 1.54) is 0 Å². The van der Waals surface area contributed by atoms with Crippen LogP contribution >= 0.6 is 11.6 Å². The minimum atomic E-state index is -0.637. The van der Waals surface area contributed by atoms with Crippen molar-refractivity contribution in [3.63, 3.8) is 0 Å². The molecule has 0 N–H and O–H groups in total. The lowest BCUT2D eigenvalue weighted by molar-refractivity contribution is -0.384. The van der Waals surface area contributed by atoms with Gasteiger partial charge < -0.3 is 5.11 Å². The van der Waals surface area contributed by atoms with E-state index < -0.39 is 4.92 Å². The van der Waals surface area contributed by atoms with Gasteiger partial charge >= 0.3 is 0 Å². The van der Waals surface area contributed by atoms with Crippen molar-refractivity contribution < 1.29 is 10.0 Å². The van der Waals surface area contributed by atoms with Crippen LogP contribution in [0.5, 0.6) is 5.75 Å². The van der Waals surface area contributed by atoms with Crippen molar-refractivity contribution in [3.05, 3.63) is 33.3 Å². The minimum absolute atomic E-state index is 0.123. The molecule has 0 aliphatic heterocycles. The van der Waals surface area contributed by atoms with Crippen LogP contribution in [-0.4, -0.2) is 4.92 Å². The molecule has 0 fully saturated rings. The average Bonchev–Trinajstić information content (AvgIpc) is 1.85. The molecule has 5 heteroatoms. The topological polar surface area (TPSA) is 66.2 Å². The zero-order valence-electron chi connectivity index (χ0n) is 5.28. The van der Waals surface area contributed by atoms with Crippen LogP contribution in [0.2, 0.25) is 5.02 Å². The monoisotopic (exact) mass is 172 g/mol. The summed E-state index contributed by atoms with van der Waals surface area (Å²) in [5.41, 5.74) is -0.244. The van der Waals surface area contributed by atoms with Crippen molar-refractivity contribution in [2.24, 2.45) is 0 Å². The maximum absolute atomic E-state index is 10.6. The number of hydrogen-bond acceptors (Lipinski definition) is 3. The van der Waals surface area contributed by atoms with Crippen LogP contribution in [-0.2, 0) is 0 Å². The van der Waals surface area contributed by atoms with Gasteiger partial charge in [-0.15, -0.1) is 5.75 Å². The normalized spacial score (nSPS) is 9.55. The summed E-state index contributed by atoms with van der Waals surface area (Å²) in [6, 6.07) is 3.20. The number of halogens is 1. The first kappa shape index (κ1) is 7.81. The van der Waals surface area contributed by atoms with Crippen LogP contribution < -0.4 is 5.11 Å². The Morgan fingerprint density at radius 1 is 1.45 bits per heavy atom. The lowest BCUT2D eigenvalue weighted by atomic mass is 10.3. The Labute approximate surface area is 67.2 Å². The highest BCUT2D eigenvalue weighted by Gasteiger charge is 2.08. The van der Waals surface area contributed by atoms with Crippen molar-refractivity contribution in [2.75, 3.05) is 0 Å². The van der Waals surface area contributed by atoms with Gasteiger partial charge in [-0.25, -0.2) is 0 Å². The molecule has 58 valence electrons. The minimum Gasteiger partial charge on any atom is -0.872 e. The summed E-state index contributed by atoms with van der Waals surface area (Å²) in [6.45, 7) is 0. The summed E-state index contributed by atoms with van der Waals surface area (Å²) in [5, 5.41) is 20.6. The highest BCUT2D eigenvalue weighted by atomic mass is 35.5. The Balaban J connectivity index is 3.20. The number of nitro groups is 1. The van der Waals surface area contributed by atoms with Gasteiger partial charge in [0.05, 0.1) is 4.92 Å². The summed E-state index contributed by atoms with van der Waals surface area (Å²) in [5.74, 6) is -0.333. The molecule has 0 aliphatic rings. The largest absolute Gasteiger partial charge is 0.872 e. The molecule has 0 bridgehead atoms. The predicted octanol–water partition coefficient (Wildman–Crippen LogP) is 1.32. The third-order valence-electron chi connectivity index (χ3n) is 1.12. The van der Waals surface area contributed by atoms with Crippen molar-refractivity contribution in [1.29, 1.82) is 0 Å². The van der Waals surface area contributed by atoms with E-state index >= 15 is 0 Å². The second kappa shape index (κ2) is 2.75. The van der Waals surface area contributed by atoms with E-state index in [0.29, 0.717) is 0 Å². The lowest BCUT2D eigenvalue weighted by Gasteiger charge is -2.03. The van der Waals surface area contributed by atoms with Crippen LogP contribution in [0, 0.1) is 10.1 Å². The summed E-state index contributed by atoms with van der Waals surface area (Å²) >= 11 is 5.38. The fourth-order valence-corrected chi connectivity index (χ4v) is 0.875. The van der Waals surface area contributed by atoms with Crippen LogP contribution in [0.3, 0.4) is 0 Å². The second-order valence-corrected chi connectivity index (χ2v) is 2.28. The summed E-state index contributed by atoms with van der Waals surface area (Å²) in [6.07, 6.45) is 0. The first-order valence-corrected chi connectivity index (χ1v) is 3.10. The Kier molecular flexibility index (Phi) is 1.96. The number of benzene rings is 1. The lowest BCUT2D eigenvalue weighted by Crippen LogP contribution is -1.92. The van der Waals surface area contributed by atoms with Gasteiger partial charge in [0.25, 0.3) is 5.69 Å². The van der Waals surface area contributed by atoms with Gasteiger partial charge in [0.1, 0.15) is 5.02 Å². The second-order valence-electron chi connectivity index (χ2n) is 1.87. The Morgan fingerprint density at radius 2 is 2.09 bits per heavy atom. The molecule has 11 heavy (non-hydrogen) atoms. The van der Waals surface area contributed by atoms with Crippen molar-refractivity contribution in [3.8, 4) is 5.75 Å². The van der Waals surface area contributed by atoms with Crippen molar-refractivity contribution in [2.45, 2.75) is 0 Å². The molecular weight excluding hydrogens is 170 g/mol. The fourth-order valence-electron chi connectivity index (χ4n) is 0.636. The van der Waals surface area contributed by atoms with Crippen LogP contribution in [0.4, 0.5) is 5.69 Å². The molecule has 0 heterocycles. The van der Waals surface area contributed by atoms with E-state index in [2.05, 4.69) is 0 Å². The number of hydrogen-bond donors (Lipinski definition) is 0. The van der Waals surface area contributed by atoms with Crippen LogP contribution in [0.25, 0.3) is 0 Å². The van der Waals surface area contributed by atoms with E-state index in [0.717, 1.165) is 18.2 Å².